The molecule has 6 heteroatoms. The van der Waals surface area contributed by atoms with E-state index >= 15 is 0 Å². The highest BCUT2D eigenvalue weighted by Gasteiger charge is 2.45. The third kappa shape index (κ3) is 3.29. The maximum atomic E-state index is 12.9. The van der Waals surface area contributed by atoms with Crippen LogP contribution in [0.25, 0.3) is 0 Å². The summed E-state index contributed by atoms with van der Waals surface area (Å²) in [6.07, 6.45) is -0.839. The van der Waals surface area contributed by atoms with E-state index in [2.05, 4.69) is 0 Å². The van der Waals surface area contributed by atoms with Gasteiger partial charge in [0.1, 0.15) is 0 Å². The Balaban J connectivity index is 2.39. The first-order chi connectivity index (χ1) is 9.87. The highest BCUT2D eigenvalue weighted by Crippen LogP contribution is 2.30. The highest BCUT2D eigenvalue weighted by molar-refractivity contribution is 7.89. The third-order valence-electron chi connectivity index (χ3n) is 3.62. The molecule has 2 rings (SSSR count). The molecule has 0 radical (unpaired) electrons. The van der Waals surface area contributed by atoms with Crippen molar-refractivity contribution in [2.45, 2.75) is 45.0 Å². The summed E-state index contributed by atoms with van der Waals surface area (Å²) in [6, 6.07) is 6.63. The van der Waals surface area contributed by atoms with Crippen LogP contribution in [0.4, 0.5) is 0 Å². The smallest absolute Gasteiger partial charge is 0.247 e. The Labute approximate surface area is 126 Å². The highest BCUT2D eigenvalue weighted by atomic mass is 32.2. The molecule has 0 aliphatic carbocycles. The second-order valence-electron chi connectivity index (χ2n) is 5.56. The number of sulfonamides is 1. The van der Waals surface area contributed by atoms with Gasteiger partial charge in [0.05, 0.1) is 17.5 Å². The van der Waals surface area contributed by atoms with E-state index < -0.39 is 16.4 Å². The van der Waals surface area contributed by atoms with Gasteiger partial charge in [-0.05, 0) is 31.9 Å². The van der Waals surface area contributed by atoms with Gasteiger partial charge in [-0.2, -0.15) is 0 Å². The summed E-state index contributed by atoms with van der Waals surface area (Å²) in [6.45, 7) is 8.47. The van der Waals surface area contributed by atoms with E-state index in [4.69, 9.17) is 9.47 Å². The Kier molecular flexibility index (Phi) is 5.03. The van der Waals surface area contributed by atoms with Crippen LogP contribution in [0.2, 0.25) is 0 Å². The number of nitrogens with zero attached hydrogens (tertiary/aromatic N) is 1. The molecule has 2 atom stereocenters. The van der Waals surface area contributed by atoms with E-state index in [1.807, 2.05) is 27.7 Å². The van der Waals surface area contributed by atoms with E-state index in [1.54, 1.807) is 24.3 Å². The van der Waals surface area contributed by atoms with Gasteiger partial charge in [-0.25, -0.2) is 8.42 Å². The monoisotopic (exact) mass is 313 g/mol. The molecule has 21 heavy (non-hydrogen) atoms. The van der Waals surface area contributed by atoms with Crippen molar-refractivity contribution in [1.82, 2.24) is 4.31 Å². The van der Waals surface area contributed by atoms with Crippen LogP contribution in [-0.4, -0.2) is 38.4 Å². The zero-order chi connectivity index (χ0) is 15.6. The van der Waals surface area contributed by atoms with Gasteiger partial charge in [0, 0.05) is 6.61 Å². The first kappa shape index (κ1) is 16.4. The van der Waals surface area contributed by atoms with Crippen LogP contribution in [0.5, 0.6) is 0 Å². The van der Waals surface area contributed by atoms with Crippen LogP contribution in [0, 0.1) is 12.8 Å². The quantitative estimate of drug-likeness (QED) is 0.837. The Morgan fingerprint density at radius 3 is 2.48 bits per heavy atom. The Bertz CT molecular complexity index is 568. The maximum absolute atomic E-state index is 12.9. The van der Waals surface area contributed by atoms with Gasteiger partial charge >= 0.3 is 0 Å². The normalized spacial score (nSPS) is 23.9. The minimum absolute atomic E-state index is 0.149. The molecule has 0 bridgehead atoms. The predicted octanol–water partition coefficient (Wildman–Crippen LogP) is 2.36. The van der Waals surface area contributed by atoms with E-state index in [-0.39, 0.29) is 16.9 Å². The fourth-order valence-electron chi connectivity index (χ4n) is 2.36. The average molecular weight is 313 g/mol. The van der Waals surface area contributed by atoms with Gasteiger partial charge in [-0.1, -0.05) is 31.5 Å². The molecule has 0 aromatic heterocycles. The summed E-state index contributed by atoms with van der Waals surface area (Å²) in [5.41, 5.74) is 1.02. The molecule has 118 valence electrons. The molecule has 1 heterocycles. The van der Waals surface area contributed by atoms with Crippen molar-refractivity contribution >= 4 is 10.0 Å². The van der Waals surface area contributed by atoms with Crippen molar-refractivity contribution in [3.05, 3.63) is 29.8 Å². The van der Waals surface area contributed by atoms with Crippen LogP contribution in [0.3, 0.4) is 0 Å². The number of hydrogen-bond donors (Lipinski definition) is 0. The zero-order valence-corrected chi connectivity index (χ0v) is 13.8. The number of ether oxygens (including phenoxy) is 2. The third-order valence-corrected chi connectivity index (χ3v) is 5.49. The summed E-state index contributed by atoms with van der Waals surface area (Å²) in [4.78, 5) is 0.272. The van der Waals surface area contributed by atoms with Gasteiger partial charge < -0.3 is 9.47 Å². The fourth-order valence-corrected chi connectivity index (χ4v) is 4.09. The van der Waals surface area contributed by atoms with Crippen LogP contribution in [0.15, 0.2) is 29.2 Å². The summed E-state index contributed by atoms with van der Waals surface area (Å²) in [7, 11) is -3.64. The van der Waals surface area contributed by atoms with E-state index in [0.717, 1.165) is 5.56 Å². The van der Waals surface area contributed by atoms with E-state index in [1.165, 1.54) is 4.31 Å². The molecule has 1 saturated heterocycles. The molecule has 0 spiro atoms. The number of aryl methyl sites for hydroxylation is 1. The number of rotatable bonds is 5. The van der Waals surface area contributed by atoms with Crippen LogP contribution < -0.4 is 0 Å². The van der Waals surface area contributed by atoms with Crippen molar-refractivity contribution in [2.24, 2.45) is 5.92 Å². The molecule has 0 N–H and O–H groups in total. The Morgan fingerprint density at radius 1 is 1.33 bits per heavy atom. The largest absolute Gasteiger partial charge is 0.339 e. The fraction of sp³-hybridized carbons (Fsp3) is 0.600. The molecule has 1 aliphatic rings. The van der Waals surface area contributed by atoms with Gasteiger partial charge in [0.2, 0.25) is 16.4 Å². The lowest BCUT2D eigenvalue weighted by Crippen LogP contribution is -2.45. The minimum Gasteiger partial charge on any atom is -0.339 e. The lowest BCUT2D eigenvalue weighted by Gasteiger charge is -2.28. The molecule has 0 saturated carbocycles. The predicted molar refractivity (Wildman–Crippen MR) is 80.2 cm³/mol. The molecule has 1 aromatic carbocycles. The molecule has 0 unspecified atom stereocenters. The van der Waals surface area contributed by atoms with Crippen molar-refractivity contribution in [1.29, 1.82) is 0 Å². The van der Waals surface area contributed by atoms with Crippen LogP contribution in [-0.2, 0) is 19.5 Å². The summed E-state index contributed by atoms with van der Waals surface area (Å²) in [5, 5.41) is 0. The van der Waals surface area contributed by atoms with E-state index in [9.17, 15) is 8.42 Å². The second-order valence-corrected chi connectivity index (χ2v) is 7.40. The summed E-state index contributed by atoms with van der Waals surface area (Å²) < 4.78 is 38.2. The van der Waals surface area contributed by atoms with Gasteiger partial charge in [0.15, 0.2) is 0 Å². The van der Waals surface area contributed by atoms with Gasteiger partial charge in [-0.15, -0.1) is 4.31 Å². The topological polar surface area (TPSA) is 55.8 Å². The van der Waals surface area contributed by atoms with E-state index in [0.29, 0.717) is 13.2 Å². The van der Waals surface area contributed by atoms with Crippen molar-refractivity contribution in [3.63, 3.8) is 0 Å². The molecular formula is C15H23NO4S. The van der Waals surface area contributed by atoms with Gasteiger partial charge in [-0.3, -0.25) is 0 Å². The number of benzene rings is 1. The number of hydrogen-bond acceptors (Lipinski definition) is 4. The molecule has 1 aromatic rings. The first-order valence-corrected chi connectivity index (χ1v) is 8.65. The molecular weight excluding hydrogens is 290 g/mol. The lowest BCUT2D eigenvalue weighted by atomic mass is 10.1. The van der Waals surface area contributed by atoms with Gasteiger partial charge in [0.25, 0.3) is 0 Å². The van der Waals surface area contributed by atoms with Crippen LogP contribution in [0.1, 0.15) is 26.3 Å². The zero-order valence-electron chi connectivity index (χ0n) is 12.9. The minimum atomic E-state index is -3.64. The lowest BCUT2D eigenvalue weighted by molar-refractivity contribution is -0.149. The van der Waals surface area contributed by atoms with Crippen LogP contribution >= 0.6 is 0 Å². The molecule has 5 nitrogen and oxygen atoms in total. The van der Waals surface area contributed by atoms with Crippen molar-refractivity contribution in [2.75, 3.05) is 13.2 Å². The standard InChI is InChI=1S/C15H23NO4S/c1-5-19-15-16(14(10-20-15)11(2)3)21(17,18)13-8-6-12(4)7-9-13/h6-9,11,14-15H,5,10H2,1-4H3/t14-,15-/m1/s1. The Hall–Kier alpha value is -0.950. The van der Waals surface area contributed by atoms with Crippen molar-refractivity contribution in [3.8, 4) is 0 Å². The summed E-state index contributed by atoms with van der Waals surface area (Å²) in [5.74, 6) is 0.149. The second kappa shape index (κ2) is 6.44. The van der Waals surface area contributed by atoms with Crippen molar-refractivity contribution < 1.29 is 17.9 Å². The first-order valence-electron chi connectivity index (χ1n) is 7.21. The molecule has 0 amide bonds. The Morgan fingerprint density at radius 2 is 1.95 bits per heavy atom. The average Bonchev–Trinajstić information content (AvgIpc) is 2.84. The summed E-state index contributed by atoms with van der Waals surface area (Å²) >= 11 is 0. The molecule has 1 aliphatic heterocycles. The SMILES string of the molecule is CCO[C@@H]1OC[C@H](C(C)C)N1S(=O)(=O)c1ccc(C)cc1. The maximum Gasteiger partial charge on any atom is 0.247 e. The molecule has 1 fully saturated rings.